The molecule has 0 atom stereocenters. The van der Waals surface area contributed by atoms with Gasteiger partial charge in [0.05, 0.1) is 17.7 Å². The smallest absolute Gasteiger partial charge is 0.254 e. The van der Waals surface area contributed by atoms with E-state index in [2.05, 4.69) is 4.98 Å². The van der Waals surface area contributed by atoms with E-state index in [1.54, 1.807) is 17.3 Å². The first kappa shape index (κ1) is 16.7. The van der Waals surface area contributed by atoms with Gasteiger partial charge in [-0.05, 0) is 36.6 Å². The lowest BCUT2D eigenvalue weighted by molar-refractivity contribution is 0.0709. The van der Waals surface area contributed by atoms with Gasteiger partial charge in [0.25, 0.3) is 5.91 Å². The Hall–Kier alpha value is -2.79. The Morgan fingerprint density at radius 1 is 1.19 bits per heavy atom. The monoisotopic (exact) mass is 347 g/mol. The highest BCUT2D eigenvalue weighted by Gasteiger charge is 2.28. The van der Waals surface area contributed by atoms with Crippen LogP contribution in [0.4, 0.5) is 0 Å². The summed E-state index contributed by atoms with van der Waals surface area (Å²) in [6.45, 7) is 0.621. The zero-order valence-electron chi connectivity index (χ0n) is 14.5. The normalized spacial score (nSPS) is 13.7. The number of carbonyl (C=O) groups is 1. The number of carbonyl (C=O) groups excluding carboxylic acids is 1. The Morgan fingerprint density at radius 2 is 2.04 bits per heavy atom. The average Bonchev–Trinajstić information content (AvgIpc) is 3.52. The van der Waals surface area contributed by atoms with Gasteiger partial charge in [-0.25, -0.2) is 0 Å². The Bertz CT molecular complexity index is 923. The van der Waals surface area contributed by atoms with Gasteiger partial charge < -0.3 is 10.0 Å². The highest BCUT2D eigenvalue weighted by atomic mass is 16.3. The molecule has 4 rings (SSSR count). The lowest BCUT2D eigenvalue weighted by atomic mass is 10.0. The van der Waals surface area contributed by atoms with Gasteiger partial charge in [-0.2, -0.15) is 0 Å². The van der Waals surface area contributed by atoms with E-state index in [1.165, 1.54) is 0 Å². The van der Waals surface area contributed by atoms with Crippen molar-refractivity contribution in [2.24, 2.45) is 0 Å². The number of hydrogen-bond acceptors (Lipinski definition) is 4. The van der Waals surface area contributed by atoms with Crippen LogP contribution in [-0.2, 0) is 6.54 Å². The van der Waals surface area contributed by atoms with Crippen molar-refractivity contribution in [2.75, 3.05) is 13.2 Å². The Kier molecular flexibility index (Phi) is 4.63. The van der Waals surface area contributed by atoms with Crippen molar-refractivity contribution in [3.8, 4) is 0 Å². The third-order valence-electron chi connectivity index (χ3n) is 4.72. The topological polar surface area (TPSA) is 66.3 Å². The molecule has 5 heteroatoms. The molecule has 2 aromatic heterocycles. The third-order valence-corrected chi connectivity index (χ3v) is 4.72. The van der Waals surface area contributed by atoms with E-state index >= 15 is 0 Å². The van der Waals surface area contributed by atoms with Gasteiger partial charge in [0.2, 0.25) is 0 Å². The number of rotatable bonds is 6. The number of aliphatic hydroxyl groups is 1. The molecule has 1 amide bonds. The number of fused-ring (bicyclic) bond motifs is 1. The second-order valence-electron chi connectivity index (χ2n) is 6.70. The Labute approximate surface area is 152 Å². The molecular weight excluding hydrogens is 326 g/mol. The first-order chi connectivity index (χ1) is 12.8. The summed E-state index contributed by atoms with van der Waals surface area (Å²) in [5.74, 6) is 0.388. The molecule has 2 heterocycles. The van der Waals surface area contributed by atoms with E-state index in [1.807, 2.05) is 42.5 Å². The molecule has 0 aliphatic heterocycles. The molecule has 1 aliphatic rings. The first-order valence-corrected chi connectivity index (χ1v) is 8.95. The summed E-state index contributed by atoms with van der Waals surface area (Å²) in [6, 6.07) is 13.5. The molecule has 0 radical (unpaired) electrons. The lowest BCUT2D eigenvalue weighted by Gasteiger charge is -2.23. The first-order valence-electron chi connectivity index (χ1n) is 8.95. The highest BCUT2D eigenvalue weighted by molar-refractivity contribution is 6.06. The molecule has 26 heavy (non-hydrogen) atoms. The summed E-state index contributed by atoms with van der Waals surface area (Å²) in [4.78, 5) is 23.8. The van der Waals surface area contributed by atoms with Gasteiger partial charge >= 0.3 is 0 Å². The van der Waals surface area contributed by atoms with Crippen LogP contribution in [0.25, 0.3) is 10.9 Å². The molecule has 1 aromatic carbocycles. The number of amides is 1. The molecule has 0 saturated heterocycles. The van der Waals surface area contributed by atoms with E-state index < -0.39 is 0 Å². The predicted octanol–water partition coefficient (Wildman–Crippen LogP) is 3.14. The van der Waals surface area contributed by atoms with Gasteiger partial charge in [-0.1, -0.05) is 24.3 Å². The summed E-state index contributed by atoms with van der Waals surface area (Å²) >= 11 is 0. The van der Waals surface area contributed by atoms with Gasteiger partial charge in [0, 0.05) is 42.5 Å². The minimum absolute atomic E-state index is 0.0789. The van der Waals surface area contributed by atoms with Crippen molar-refractivity contribution in [2.45, 2.75) is 25.3 Å². The van der Waals surface area contributed by atoms with Crippen molar-refractivity contribution < 1.29 is 9.90 Å². The molecule has 0 spiro atoms. The summed E-state index contributed by atoms with van der Waals surface area (Å²) < 4.78 is 0. The van der Waals surface area contributed by atoms with Crippen LogP contribution >= 0.6 is 0 Å². The largest absolute Gasteiger partial charge is 0.395 e. The highest BCUT2D eigenvalue weighted by Crippen LogP contribution is 2.40. The number of hydrogen-bond donors (Lipinski definition) is 1. The fourth-order valence-corrected chi connectivity index (χ4v) is 3.22. The van der Waals surface area contributed by atoms with E-state index in [0.717, 1.165) is 35.0 Å². The van der Waals surface area contributed by atoms with Crippen molar-refractivity contribution in [1.29, 1.82) is 0 Å². The Balaban J connectivity index is 1.72. The molecule has 0 bridgehead atoms. The van der Waals surface area contributed by atoms with Crippen LogP contribution < -0.4 is 0 Å². The number of aliphatic hydroxyl groups excluding tert-OH is 1. The third kappa shape index (κ3) is 3.44. The van der Waals surface area contributed by atoms with Crippen LogP contribution in [0, 0.1) is 0 Å². The second-order valence-corrected chi connectivity index (χ2v) is 6.70. The molecule has 1 fully saturated rings. The van der Waals surface area contributed by atoms with Gasteiger partial charge in [-0.3, -0.25) is 14.8 Å². The fourth-order valence-electron chi connectivity index (χ4n) is 3.22. The minimum atomic E-state index is -0.0802. The number of nitrogens with zero attached hydrogens (tertiary/aromatic N) is 3. The van der Waals surface area contributed by atoms with Crippen molar-refractivity contribution in [1.82, 2.24) is 14.9 Å². The number of pyridine rings is 2. The summed E-state index contributed by atoms with van der Waals surface area (Å²) in [5, 5.41) is 10.3. The maximum atomic E-state index is 13.3. The maximum Gasteiger partial charge on any atom is 0.254 e. The molecule has 1 N–H and O–H groups in total. The molecule has 132 valence electrons. The predicted molar refractivity (Wildman–Crippen MR) is 99.8 cm³/mol. The molecule has 3 aromatic rings. The maximum absolute atomic E-state index is 13.3. The Morgan fingerprint density at radius 3 is 2.77 bits per heavy atom. The second kappa shape index (κ2) is 7.22. The van der Waals surface area contributed by atoms with Crippen LogP contribution in [0.3, 0.4) is 0 Å². The quantitative estimate of drug-likeness (QED) is 0.744. The van der Waals surface area contributed by atoms with Crippen molar-refractivity contribution in [3.05, 3.63) is 71.7 Å². The molecule has 1 saturated carbocycles. The SMILES string of the molecule is O=C(c1cc(C2CC2)nc2ccccc12)N(CCO)Cc1cccnc1. The van der Waals surface area contributed by atoms with Crippen LogP contribution in [0.15, 0.2) is 54.9 Å². The minimum Gasteiger partial charge on any atom is -0.395 e. The van der Waals surface area contributed by atoms with Gasteiger partial charge in [0.15, 0.2) is 0 Å². The molecular formula is C21H21N3O2. The number of benzene rings is 1. The summed E-state index contributed by atoms with van der Waals surface area (Å²) in [7, 11) is 0. The van der Waals surface area contributed by atoms with Crippen molar-refractivity contribution >= 4 is 16.8 Å². The van der Waals surface area contributed by atoms with Crippen LogP contribution in [-0.4, -0.2) is 39.0 Å². The average molecular weight is 347 g/mol. The van der Waals surface area contributed by atoms with Gasteiger partial charge in [0.1, 0.15) is 0 Å². The van der Waals surface area contributed by atoms with Crippen LogP contribution in [0.5, 0.6) is 0 Å². The van der Waals surface area contributed by atoms with E-state index in [9.17, 15) is 9.90 Å². The summed E-state index contributed by atoms with van der Waals surface area (Å²) in [6.07, 6.45) is 5.72. The van der Waals surface area contributed by atoms with E-state index in [0.29, 0.717) is 18.0 Å². The van der Waals surface area contributed by atoms with Crippen LogP contribution in [0.1, 0.15) is 40.4 Å². The standard InChI is InChI=1S/C21H21N3O2/c25-11-10-24(14-15-4-3-9-22-13-15)21(26)18-12-20(16-7-8-16)23-19-6-2-1-5-17(18)19/h1-6,9,12-13,16,25H,7-8,10-11,14H2. The zero-order chi connectivity index (χ0) is 17.9. The fraction of sp³-hybridized carbons (Fsp3) is 0.286. The number of para-hydroxylation sites is 1. The molecule has 1 aliphatic carbocycles. The zero-order valence-corrected chi connectivity index (χ0v) is 14.5. The van der Waals surface area contributed by atoms with E-state index in [-0.39, 0.29) is 19.1 Å². The van der Waals surface area contributed by atoms with E-state index in [4.69, 9.17) is 4.98 Å². The summed E-state index contributed by atoms with van der Waals surface area (Å²) in [5.41, 5.74) is 3.45. The lowest BCUT2D eigenvalue weighted by Crippen LogP contribution is -2.33. The molecule has 5 nitrogen and oxygen atoms in total. The molecule has 0 unspecified atom stereocenters. The van der Waals surface area contributed by atoms with Crippen molar-refractivity contribution in [3.63, 3.8) is 0 Å². The number of aromatic nitrogens is 2. The van der Waals surface area contributed by atoms with Crippen LogP contribution in [0.2, 0.25) is 0 Å². The van der Waals surface area contributed by atoms with Gasteiger partial charge in [-0.15, -0.1) is 0 Å².